The van der Waals surface area contributed by atoms with Gasteiger partial charge in [0.15, 0.2) is 23.0 Å². The van der Waals surface area contributed by atoms with Gasteiger partial charge in [-0.3, -0.25) is 9.59 Å². The van der Waals surface area contributed by atoms with Gasteiger partial charge in [-0.15, -0.1) is 0 Å². The summed E-state index contributed by atoms with van der Waals surface area (Å²) in [6.45, 7) is 3.65. The average molecular weight is 571 g/mol. The molecule has 2 aromatic rings. The number of hydrogen-bond acceptors (Lipinski definition) is 6. The Bertz CT molecular complexity index is 1390. The maximum atomic E-state index is 14.2. The van der Waals surface area contributed by atoms with Crippen molar-refractivity contribution in [3.8, 4) is 23.0 Å². The number of carbonyl (C=O) groups excluding carboxylic acids is 2. The van der Waals surface area contributed by atoms with Crippen molar-refractivity contribution in [3.05, 3.63) is 65.8 Å². The normalized spacial score (nSPS) is 26.6. The minimum atomic E-state index is -0.242. The fourth-order valence-corrected chi connectivity index (χ4v) is 7.15. The molecule has 5 aliphatic rings. The second-order valence-electron chi connectivity index (χ2n) is 11.9. The van der Waals surface area contributed by atoms with Crippen LogP contribution in [0.15, 0.2) is 54.6 Å². The number of allylic oxidation sites excluding steroid dienone is 2. The maximum absolute atomic E-state index is 14.2. The Labute approximate surface area is 246 Å². The first-order valence-electron chi connectivity index (χ1n) is 15.4. The first kappa shape index (κ1) is 26.9. The number of fused-ring (bicyclic) bond motifs is 2. The van der Waals surface area contributed by atoms with E-state index in [1.807, 2.05) is 40.1 Å². The van der Waals surface area contributed by atoms with E-state index in [0.717, 1.165) is 86.7 Å². The van der Waals surface area contributed by atoms with Crippen molar-refractivity contribution in [2.24, 2.45) is 17.8 Å². The number of nitrogens with zero attached hydrogens (tertiary/aromatic N) is 2. The minimum absolute atomic E-state index is 0.0249. The van der Waals surface area contributed by atoms with Gasteiger partial charge in [0.25, 0.3) is 0 Å². The molecule has 4 atom stereocenters. The number of benzene rings is 2. The van der Waals surface area contributed by atoms with E-state index in [1.165, 1.54) is 6.42 Å². The highest BCUT2D eigenvalue weighted by Gasteiger charge is 2.53. The molecule has 2 saturated heterocycles. The van der Waals surface area contributed by atoms with E-state index in [4.69, 9.17) is 18.9 Å². The molecule has 4 heterocycles. The van der Waals surface area contributed by atoms with E-state index in [9.17, 15) is 9.59 Å². The highest BCUT2D eigenvalue weighted by molar-refractivity contribution is 5.88. The molecule has 42 heavy (non-hydrogen) atoms. The summed E-state index contributed by atoms with van der Waals surface area (Å²) in [4.78, 5) is 31.4. The summed E-state index contributed by atoms with van der Waals surface area (Å²) in [5.41, 5.74) is 2.03. The average Bonchev–Trinajstić information content (AvgIpc) is 3.70. The fourth-order valence-electron chi connectivity index (χ4n) is 7.15. The van der Waals surface area contributed by atoms with Gasteiger partial charge in [0, 0.05) is 32.1 Å². The molecule has 2 aromatic carbocycles. The van der Waals surface area contributed by atoms with Gasteiger partial charge in [-0.2, -0.15) is 0 Å². The molecule has 0 spiro atoms. The van der Waals surface area contributed by atoms with Gasteiger partial charge in [-0.25, -0.2) is 0 Å². The standard InChI is InChI=1S/C34H38N2O6/c37-31(35-15-3-1-4-16-35)14-11-25-26(10-7-23-8-12-27-29(19-23)41-21-39-27)33(34(38)36-17-5-2-6-18-36)32(25)24-9-13-28-30(20-24)42-22-40-28/h7-14,19-20,25-26,32-33H,1-6,15-18,21-22H2/t25-,26-,32+,33+/m0/s1. The molecule has 0 aromatic heterocycles. The van der Waals surface area contributed by atoms with Crippen molar-refractivity contribution < 1.29 is 28.5 Å². The molecule has 7 rings (SSSR count). The lowest BCUT2D eigenvalue weighted by molar-refractivity contribution is -0.144. The minimum Gasteiger partial charge on any atom is -0.454 e. The van der Waals surface area contributed by atoms with Crippen LogP contribution < -0.4 is 18.9 Å². The predicted octanol–water partition coefficient (Wildman–Crippen LogP) is 5.38. The summed E-state index contributed by atoms with van der Waals surface area (Å²) < 4.78 is 22.4. The fraction of sp³-hybridized carbons (Fsp3) is 0.471. The third-order valence-electron chi connectivity index (χ3n) is 9.43. The van der Waals surface area contributed by atoms with Crippen molar-refractivity contribution in [1.29, 1.82) is 0 Å². The first-order valence-corrected chi connectivity index (χ1v) is 15.4. The highest BCUT2D eigenvalue weighted by atomic mass is 16.7. The Hall–Kier alpha value is -3.94. The number of rotatable bonds is 6. The van der Waals surface area contributed by atoms with Crippen molar-refractivity contribution in [2.45, 2.75) is 44.4 Å². The van der Waals surface area contributed by atoms with Gasteiger partial charge in [0.05, 0.1) is 5.92 Å². The van der Waals surface area contributed by atoms with Crippen molar-refractivity contribution in [1.82, 2.24) is 9.80 Å². The maximum Gasteiger partial charge on any atom is 0.246 e. The predicted molar refractivity (Wildman–Crippen MR) is 157 cm³/mol. The molecule has 220 valence electrons. The summed E-state index contributed by atoms with van der Waals surface area (Å²) in [5, 5.41) is 0. The zero-order valence-corrected chi connectivity index (χ0v) is 23.9. The van der Waals surface area contributed by atoms with Crippen LogP contribution in [0.3, 0.4) is 0 Å². The summed E-state index contributed by atoms with van der Waals surface area (Å²) in [6, 6.07) is 11.9. The van der Waals surface area contributed by atoms with Gasteiger partial charge in [-0.05, 0) is 91.8 Å². The number of likely N-dealkylation sites (tertiary alicyclic amines) is 2. The largest absolute Gasteiger partial charge is 0.454 e. The molecular weight excluding hydrogens is 532 g/mol. The van der Waals surface area contributed by atoms with Gasteiger partial charge < -0.3 is 28.7 Å². The van der Waals surface area contributed by atoms with Crippen LogP contribution in [0.4, 0.5) is 0 Å². The number of amides is 2. The lowest BCUT2D eigenvalue weighted by Gasteiger charge is -2.51. The zero-order chi connectivity index (χ0) is 28.5. The van der Waals surface area contributed by atoms with Crippen LogP contribution in [0.25, 0.3) is 6.08 Å². The Kier molecular flexibility index (Phi) is 7.53. The highest BCUT2D eigenvalue weighted by Crippen LogP contribution is 2.56. The molecule has 0 unspecified atom stereocenters. The number of carbonyl (C=O) groups is 2. The second kappa shape index (κ2) is 11.7. The molecule has 1 aliphatic carbocycles. The van der Waals surface area contributed by atoms with E-state index in [0.29, 0.717) is 5.75 Å². The van der Waals surface area contributed by atoms with E-state index < -0.39 is 0 Å². The number of piperidine rings is 2. The Morgan fingerprint density at radius 3 is 2.00 bits per heavy atom. The van der Waals surface area contributed by atoms with Crippen LogP contribution in [-0.4, -0.2) is 61.4 Å². The number of hydrogen-bond donors (Lipinski definition) is 0. The molecule has 4 aliphatic heterocycles. The van der Waals surface area contributed by atoms with Crippen LogP contribution in [0.1, 0.15) is 55.6 Å². The SMILES string of the molecule is O=C(C=C[C@H]1[C@H](C=Cc2ccc3c(c2)OCO3)[C@@H](C(=O)N2CCCCC2)[C@@H]1c1ccc2c(c1)OCO2)N1CCCCC1. The molecule has 8 heteroatoms. The van der Waals surface area contributed by atoms with E-state index in [2.05, 4.69) is 24.3 Å². The Balaban J connectivity index is 1.23. The summed E-state index contributed by atoms with van der Waals surface area (Å²) in [5.74, 6) is 2.76. The van der Waals surface area contributed by atoms with Crippen LogP contribution in [0.5, 0.6) is 23.0 Å². The molecule has 2 amide bonds. The van der Waals surface area contributed by atoms with Gasteiger partial charge in [0.2, 0.25) is 25.4 Å². The molecule has 0 radical (unpaired) electrons. The van der Waals surface area contributed by atoms with Crippen LogP contribution in [0, 0.1) is 17.8 Å². The smallest absolute Gasteiger partial charge is 0.246 e. The summed E-state index contributed by atoms with van der Waals surface area (Å²) >= 11 is 0. The van der Waals surface area contributed by atoms with Crippen LogP contribution in [0.2, 0.25) is 0 Å². The van der Waals surface area contributed by atoms with Gasteiger partial charge in [0.1, 0.15) is 0 Å². The Morgan fingerprint density at radius 1 is 0.667 bits per heavy atom. The topological polar surface area (TPSA) is 77.5 Å². The lowest BCUT2D eigenvalue weighted by Crippen LogP contribution is -2.53. The lowest BCUT2D eigenvalue weighted by atomic mass is 9.53. The molecule has 8 nitrogen and oxygen atoms in total. The van der Waals surface area contributed by atoms with Crippen LogP contribution in [-0.2, 0) is 9.59 Å². The van der Waals surface area contributed by atoms with E-state index >= 15 is 0 Å². The molecule has 3 fully saturated rings. The third-order valence-corrected chi connectivity index (χ3v) is 9.43. The quantitative estimate of drug-likeness (QED) is 0.434. The number of ether oxygens (including phenoxy) is 4. The van der Waals surface area contributed by atoms with Gasteiger partial charge >= 0.3 is 0 Å². The second-order valence-corrected chi connectivity index (χ2v) is 11.9. The molecule has 0 bridgehead atoms. The van der Waals surface area contributed by atoms with Crippen molar-refractivity contribution >= 4 is 17.9 Å². The molecular formula is C34H38N2O6. The first-order chi connectivity index (χ1) is 20.7. The van der Waals surface area contributed by atoms with Crippen molar-refractivity contribution in [3.63, 3.8) is 0 Å². The zero-order valence-electron chi connectivity index (χ0n) is 23.9. The van der Waals surface area contributed by atoms with E-state index in [1.54, 1.807) is 6.08 Å². The monoisotopic (exact) mass is 570 g/mol. The van der Waals surface area contributed by atoms with Crippen molar-refractivity contribution in [2.75, 3.05) is 39.8 Å². The Morgan fingerprint density at radius 2 is 1.29 bits per heavy atom. The van der Waals surface area contributed by atoms with Gasteiger partial charge in [-0.1, -0.05) is 30.4 Å². The summed E-state index contributed by atoms with van der Waals surface area (Å²) in [7, 11) is 0. The van der Waals surface area contributed by atoms with Crippen LogP contribution >= 0.6 is 0 Å². The molecule has 0 N–H and O–H groups in total. The molecule has 1 saturated carbocycles. The summed E-state index contributed by atoms with van der Waals surface area (Å²) in [6.07, 6.45) is 14.6. The third kappa shape index (κ3) is 5.23. The van der Waals surface area contributed by atoms with E-state index in [-0.39, 0.29) is 49.1 Å².